The molecule has 20 heavy (non-hydrogen) atoms. The topological polar surface area (TPSA) is 73.0 Å². The van der Waals surface area contributed by atoms with Crippen LogP contribution in [-0.4, -0.2) is 14.7 Å². The Balaban J connectivity index is 2.25. The molecular weight excluding hydrogens is 276 g/mol. The van der Waals surface area contributed by atoms with Gasteiger partial charge in [0, 0.05) is 16.8 Å². The van der Waals surface area contributed by atoms with E-state index in [1.807, 2.05) is 6.92 Å². The maximum Gasteiger partial charge on any atom is 0.333 e. The van der Waals surface area contributed by atoms with E-state index in [0.29, 0.717) is 24.5 Å². The molecule has 0 aliphatic carbocycles. The molecule has 0 unspecified atom stereocenters. The van der Waals surface area contributed by atoms with Gasteiger partial charge in [0.1, 0.15) is 5.69 Å². The number of aryl methyl sites for hydroxylation is 4. The second kappa shape index (κ2) is 5.62. The highest BCUT2D eigenvalue weighted by Crippen LogP contribution is 2.29. The maximum atomic E-state index is 11.2. The van der Waals surface area contributed by atoms with E-state index < -0.39 is 0 Å². The Hall–Kier alpha value is -1.89. The number of anilines is 1. The van der Waals surface area contributed by atoms with Gasteiger partial charge in [0.25, 0.3) is 0 Å². The summed E-state index contributed by atoms with van der Waals surface area (Å²) in [6.45, 7) is 6.58. The molecule has 0 saturated heterocycles. The zero-order chi connectivity index (χ0) is 14.9. The summed E-state index contributed by atoms with van der Waals surface area (Å²) in [6.07, 6.45) is 0.545. The summed E-state index contributed by atoms with van der Waals surface area (Å²) in [5, 5.41) is 18.5. The van der Waals surface area contributed by atoms with Crippen LogP contribution < -0.4 is 5.32 Å². The zero-order valence-corrected chi connectivity index (χ0v) is 12.9. The van der Waals surface area contributed by atoms with Crippen LogP contribution in [0.25, 0.3) is 0 Å². The zero-order valence-electron chi connectivity index (χ0n) is 12.1. The van der Waals surface area contributed by atoms with Crippen molar-refractivity contribution >= 4 is 22.8 Å². The Kier molecular flexibility index (Phi) is 4.08. The highest BCUT2D eigenvalue weighted by Gasteiger charge is 2.25. The Morgan fingerprint density at radius 1 is 1.50 bits per heavy atom. The lowest BCUT2D eigenvalue weighted by Gasteiger charge is -2.04. The Morgan fingerprint density at radius 2 is 2.20 bits per heavy atom. The lowest BCUT2D eigenvalue weighted by atomic mass is 10.3. The van der Waals surface area contributed by atoms with Gasteiger partial charge in [-0.3, -0.25) is 10.1 Å². The van der Waals surface area contributed by atoms with Crippen LogP contribution in [-0.2, 0) is 20.0 Å². The van der Waals surface area contributed by atoms with Crippen molar-refractivity contribution in [2.45, 2.75) is 33.7 Å². The van der Waals surface area contributed by atoms with Gasteiger partial charge in [-0.15, -0.1) is 11.3 Å². The summed E-state index contributed by atoms with van der Waals surface area (Å²) < 4.78 is 1.55. The fraction of sp³-hybridized carbons (Fsp3) is 0.462. The van der Waals surface area contributed by atoms with Gasteiger partial charge in [0.2, 0.25) is 5.82 Å². The number of nitro groups is 1. The second-order valence-corrected chi connectivity index (χ2v) is 6.02. The number of nitrogens with zero attached hydrogens (tertiary/aromatic N) is 3. The molecule has 0 atom stereocenters. The fourth-order valence-electron chi connectivity index (χ4n) is 2.10. The number of hydrogen-bond donors (Lipinski definition) is 1. The summed E-state index contributed by atoms with van der Waals surface area (Å²) in [4.78, 5) is 13.3. The molecule has 2 rings (SSSR count). The van der Waals surface area contributed by atoms with Crippen LogP contribution in [0, 0.1) is 24.0 Å². The van der Waals surface area contributed by atoms with Crippen LogP contribution in [0.4, 0.5) is 11.5 Å². The van der Waals surface area contributed by atoms with Crippen LogP contribution >= 0.6 is 11.3 Å². The number of aromatic nitrogens is 2. The van der Waals surface area contributed by atoms with Crippen LogP contribution in [0.3, 0.4) is 0 Å². The molecule has 0 amide bonds. The molecule has 0 saturated carbocycles. The third-order valence-corrected chi connectivity index (χ3v) is 4.41. The van der Waals surface area contributed by atoms with Crippen molar-refractivity contribution in [2.75, 3.05) is 5.32 Å². The number of rotatable bonds is 5. The summed E-state index contributed by atoms with van der Waals surface area (Å²) in [7, 11) is 1.72. The molecule has 1 N–H and O–H groups in total. The third kappa shape index (κ3) is 2.67. The lowest BCUT2D eigenvalue weighted by Crippen LogP contribution is -2.05. The predicted octanol–water partition coefficient (Wildman–Crippen LogP) is 3.18. The number of hydrogen-bond acceptors (Lipinski definition) is 5. The van der Waals surface area contributed by atoms with Crippen LogP contribution in [0.2, 0.25) is 0 Å². The van der Waals surface area contributed by atoms with Gasteiger partial charge in [0.05, 0.1) is 11.5 Å². The highest BCUT2D eigenvalue weighted by atomic mass is 32.1. The first kappa shape index (κ1) is 14.5. The van der Waals surface area contributed by atoms with Crippen LogP contribution in [0.15, 0.2) is 6.07 Å². The first-order valence-electron chi connectivity index (χ1n) is 6.44. The second-order valence-electron chi connectivity index (χ2n) is 4.68. The highest BCUT2D eigenvalue weighted by molar-refractivity contribution is 7.12. The average molecular weight is 294 g/mol. The van der Waals surface area contributed by atoms with Gasteiger partial charge >= 0.3 is 5.69 Å². The van der Waals surface area contributed by atoms with E-state index in [-0.39, 0.29) is 10.6 Å². The van der Waals surface area contributed by atoms with Crippen molar-refractivity contribution in [1.29, 1.82) is 0 Å². The maximum absolute atomic E-state index is 11.2. The number of thiophene rings is 1. The minimum Gasteiger partial charge on any atom is -0.360 e. The minimum atomic E-state index is -0.362. The van der Waals surface area contributed by atoms with E-state index in [1.54, 1.807) is 23.1 Å². The van der Waals surface area contributed by atoms with Crippen molar-refractivity contribution in [3.63, 3.8) is 0 Å². The SMILES string of the molecule is CCc1nn(C)c(NCc2cc(C)c(C)s2)c1[N+](=O)[O-]. The molecule has 6 nitrogen and oxygen atoms in total. The molecule has 2 heterocycles. The van der Waals surface area contributed by atoms with E-state index >= 15 is 0 Å². The van der Waals surface area contributed by atoms with Gasteiger partial charge in [-0.05, 0) is 31.9 Å². The van der Waals surface area contributed by atoms with Crippen molar-refractivity contribution in [3.8, 4) is 0 Å². The molecule has 2 aromatic heterocycles. The molecule has 0 aliphatic rings. The number of nitrogens with one attached hydrogen (secondary N) is 1. The predicted molar refractivity (Wildman–Crippen MR) is 80.4 cm³/mol. The van der Waals surface area contributed by atoms with Crippen LogP contribution in [0.1, 0.15) is 27.9 Å². The van der Waals surface area contributed by atoms with Crippen LogP contribution in [0.5, 0.6) is 0 Å². The largest absolute Gasteiger partial charge is 0.360 e. The molecule has 0 aromatic carbocycles. The molecule has 0 bridgehead atoms. The Bertz CT molecular complexity index is 626. The van der Waals surface area contributed by atoms with Crippen molar-refractivity contribution < 1.29 is 4.92 Å². The summed E-state index contributed by atoms with van der Waals surface area (Å²) in [5.41, 5.74) is 1.85. The van der Waals surface area contributed by atoms with Gasteiger partial charge in [-0.25, -0.2) is 4.68 Å². The van der Waals surface area contributed by atoms with Crippen molar-refractivity contribution in [2.24, 2.45) is 7.05 Å². The van der Waals surface area contributed by atoms with Gasteiger partial charge in [-0.1, -0.05) is 6.92 Å². The molecule has 108 valence electrons. The summed E-state index contributed by atoms with van der Waals surface area (Å²) >= 11 is 1.70. The first-order chi connectivity index (χ1) is 9.43. The molecule has 0 spiro atoms. The fourth-order valence-corrected chi connectivity index (χ4v) is 3.10. The standard InChI is InChI=1S/C13H18N4O2S/c1-5-11-12(17(18)19)13(16(4)15-11)14-7-10-6-8(2)9(3)20-10/h6,14H,5,7H2,1-4H3. The molecule has 0 fully saturated rings. The lowest BCUT2D eigenvalue weighted by molar-refractivity contribution is -0.384. The minimum absolute atomic E-state index is 0.0833. The molecule has 0 radical (unpaired) electrons. The van der Waals surface area contributed by atoms with E-state index in [0.717, 1.165) is 4.88 Å². The van der Waals surface area contributed by atoms with Crippen molar-refractivity contribution in [3.05, 3.63) is 37.2 Å². The smallest absolute Gasteiger partial charge is 0.333 e. The van der Waals surface area contributed by atoms with Gasteiger partial charge in [0.15, 0.2) is 0 Å². The average Bonchev–Trinajstić information content (AvgIpc) is 2.87. The first-order valence-corrected chi connectivity index (χ1v) is 7.25. The Morgan fingerprint density at radius 3 is 2.70 bits per heavy atom. The van der Waals surface area contributed by atoms with E-state index in [4.69, 9.17) is 0 Å². The molecular formula is C13H18N4O2S. The normalized spacial score (nSPS) is 10.8. The van der Waals surface area contributed by atoms with E-state index in [9.17, 15) is 10.1 Å². The molecule has 0 aliphatic heterocycles. The monoisotopic (exact) mass is 294 g/mol. The van der Waals surface area contributed by atoms with Gasteiger partial charge in [-0.2, -0.15) is 5.10 Å². The van der Waals surface area contributed by atoms with Crippen molar-refractivity contribution in [1.82, 2.24) is 9.78 Å². The molecule has 7 heteroatoms. The summed E-state index contributed by atoms with van der Waals surface area (Å²) in [6, 6.07) is 2.11. The van der Waals surface area contributed by atoms with E-state index in [2.05, 4.69) is 30.3 Å². The third-order valence-electron chi connectivity index (χ3n) is 3.26. The summed E-state index contributed by atoms with van der Waals surface area (Å²) in [5.74, 6) is 0.468. The molecule has 2 aromatic rings. The van der Waals surface area contributed by atoms with Gasteiger partial charge < -0.3 is 5.32 Å². The Labute approximate surface area is 121 Å². The quantitative estimate of drug-likeness (QED) is 0.679. The van der Waals surface area contributed by atoms with E-state index in [1.165, 1.54) is 10.4 Å².